The molecule has 3 rings (SSSR count). The smallest absolute Gasteiger partial charge is 0.229 e. The molecule has 1 aromatic heterocycles. The third-order valence-corrected chi connectivity index (χ3v) is 4.10. The molecule has 1 aliphatic heterocycles. The van der Waals surface area contributed by atoms with Crippen LogP contribution >= 0.6 is 11.6 Å². The van der Waals surface area contributed by atoms with Gasteiger partial charge in [0.25, 0.3) is 0 Å². The molecule has 0 spiro atoms. The van der Waals surface area contributed by atoms with Crippen molar-refractivity contribution in [1.29, 1.82) is 0 Å². The zero-order valence-electron chi connectivity index (χ0n) is 13.2. The van der Waals surface area contributed by atoms with E-state index in [0.717, 1.165) is 0 Å². The number of methoxy groups -OCH3 is 1. The van der Waals surface area contributed by atoms with Gasteiger partial charge in [-0.1, -0.05) is 16.8 Å². The van der Waals surface area contributed by atoms with Gasteiger partial charge in [-0.05, 0) is 25.1 Å². The number of hydrogen-bond acceptors (Lipinski definition) is 5. The van der Waals surface area contributed by atoms with Crippen molar-refractivity contribution in [3.8, 4) is 5.75 Å². The SMILES string of the molecule is COc1ccc(NC(=O)C2CC(=O)N(c3cc(C)on3)C2)cc1Cl. The lowest BCUT2D eigenvalue weighted by Gasteiger charge is -2.13. The summed E-state index contributed by atoms with van der Waals surface area (Å²) in [6.45, 7) is 2.01. The lowest BCUT2D eigenvalue weighted by molar-refractivity contribution is -0.122. The first-order chi connectivity index (χ1) is 11.5. The first-order valence-electron chi connectivity index (χ1n) is 7.36. The zero-order chi connectivity index (χ0) is 17.3. The topological polar surface area (TPSA) is 84.7 Å². The predicted octanol–water partition coefficient (Wildman–Crippen LogP) is 2.64. The number of carbonyl (C=O) groups is 2. The number of aromatic nitrogens is 1. The second kappa shape index (κ2) is 6.52. The van der Waals surface area contributed by atoms with Crippen molar-refractivity contribution >= 4 is 34.9 Å². The van der Waals surface area contributed by atoms with Gasteiger partial charge in [-0.25, -0.2) is 0 Å². The largest absolute Gasteiger partial charge is 0.495 e. The number of amides is 2. The summed E-state index contributed by atoms with van der Waals surface area (Å²) in [7, 11) is 1.52. The van der Waals surface area contributed by atoms with Crippen LogP contribution in [-0.2, 0) is 9.59 Å². The summed E-state index contributed by atoms with van der Waals surface area (Å²) in [6.07, 6.45) is 0.127. The van der Waals surface area contributed by atoms with Gasteiger partial charge in [-0.2, -0.15) is 0 Å². The molecule has 0 radical (unpaired) electrons. The Labute approximate surface area is 143 Å². The third-order valence-electron chi connectivity index (χ3n) is 3.81. The van der Waals surface area contributed by atoms with Crippen LogP contribution in [0.4, 0.5) is 11.5 Å². The van der Waals surface area contributed by atoms with Crippen molar-refractivity contribution in [2.45, 2.75) is 13.3 Å². The molecule has 1 unspecified atom stereocenters. The van der Waals surface area contributed by atoms with Gasteiger partial charge in [0, 0.05) is 24.7 Å². The fourth-order valence-electron chi connectivity index (χ4n) is 2.57. The molecule has 126 valence electrons. The van der Waals surface area contributed by atoms with Crippen LogP contribution in [-0.4, -0.2) is 30.6 Å². The molecule has 1 fully saturated rings. The van der Waals surface area contributed by atoms with E-state index in [0.29, 0.717) is 28.0 Å². The van der Waals surface area contributed by atoms with Gasteiger partial charge in [0.1, 0.15) is 11.5 Å². The summed E-state index contributed by atoms with van der Waals surface area (Å²) in [4.78, 5) is 26.0. The first kappa shape index (κ1) is 16.3. The minimum atomic E-state index is -0.463. The van der Waals surface area contributed by atoms with Crippen LogP contribution in [0.15, 0.2) is 28.8 Å². The van der Waals surface area contributed by atoms with Crippen LogP contribution in [0.1, 0.15) is 12.2 Å². The molecule has 1 aromatic carbocycles. The van der Waals surface area contributed by atoms with E-state index in [-0.39, 0.29) is 24.8 Å². The summed E-state index contributed by atoms with van der Waals surface area (Å²) in [5.74, 6) is 0.705. The molecule has 8 heteroatoms. The molecule has 1 N–H and O–H groups in total. The van der Waals surface area contributed by atoms with Gasteiger partial charge in [-0.3, -0.25) is 14.5 Å². The Morgan fingerprint density at radius 1 is 1.46 bits per heavy atom. The van der Waals surface area contributed by atoms with Crippen LogP contribution in [0.5, 0.6) is 5.75 Å². The summed E-state index contributed by atoms with van der Waals surface area (Å²) in [5, 5.41) is 7.00. The molecule has 0 saturated carbocycles. The number of halogens is 1. The Morgan fingerprint density at radius 3 is 2.88 bits per heavy atom. The molecular formula is C16H16ClN3O4. The fraction of sp³-hybridized carbons (Fsp3) is 0.312. The van der Waals surface area contributed by atoms with Crippen molar-refractivity contribution in [3.63, 3.8) is 0 Å². The highest BCUT2D eigenvalue weighted by molar-refractivity contribution is 6.32. The summed E-state index contributed by atoms with van der Waals surface area (Å²) in [6, 6.07) is 6.63. The molecule has 2 heterocycles. The Balaban J connectivity index is 1.68. The predicted molar refractivity (Wildman–Crippen MR) is 88.3 cm³/mol. The van der Waals surface area contributed by atoms with Gasteiger partial charge < -0.3 is 14.6 Å². The number of rotatable bonds is 4. The minimum absolute atomic E-state index is 0.127. The van der Waals surface area contributed by atoms with E-state index in [1.165, 1.54) is 12.0 Å². The molecule has 1 atom stereocenters. The van der Waals surface area contributed by atoms with Crippen LogP contribution in [0.2, 0.25) is 5.02 Å². The van der Waals surface area contributed by atoms with Crippen LogP contribution in [0, 0.1) is 12.8 Å². The maximum absolute atomic E-state index is 12.4. The van der Waals surface area contributed by atoms with Crippen molar-refractivity contribution in [2.75, 3.05) is 23.9 Å². The standard InChI is InChI=1S/C16H16ClN3O4/c1-9-5-14(19-24-9)20-8-10(6-15(20)21)16(22)18-11-3-4-13(23-2)12(17)7-11/h3-5,7,10H,6,8H2,1-2H3,(H,18,22). The van der Waals surface area contributed by atoms with E-state index in [1.54, 1.807) is 31.2 Å². The Kier molecular flexibility index (Phi) is 4.44. The highest BCUT2D eigenvalue weighted by Gasteiger charge is 2.36. The molecule has 1 saturated heterocycles. The number of ether oxygens (including phenoxy) is 1. The number of nitrogens with zero attached hydrogens (tertiary/aromatic N) is 2. The van der Waals surface area contributed by atoms with Gasteiger partial charge in [0.2, 0.25) is 11.8 Å². The van der Waals surface area contributed by atoms with Crippen molar-refractivity contribution in [2.24, 2.45) is 5.92 Å². The summed E-state index contributed by atoms with van der Waals surface area (Å²) < 4.78 is 10.1. The van der Waals surface area contributed by atoms with Gasteiger partial charge in [-0.15, -0.1) is 0 Å². The number of nitrogens with one attached hydrogen (secondary N) is 1. The third kappa shape index (κ3) is 3.21. The monoisotopic (exact) mass is 349 g/mol. The molecule has 1 aliphatic rings. The van der Waals surface area contributed by atoms with E-state index in [4.69, 9.17) is 20.9 Å². The van der Waals surface area contributed by atoms with Gasteiger partial charge >= 0.3 is 0 Å². The van der Waals surface area contributed by atoms with E-state index >= 15 is 0 Å². The normalized spacial score (nSPS) is 17.2. The average Bonchev–Trinajstić information content (AvgIpc) is 3.13. The van der Waals surface area contributed by atoms with Crippen LogP contribution in [0.25, 0.3) is 0 Å². The molecule has 0 bridgehead atoms. The number of hydrogen-bond donors (Lipinski definition) is 1. The Bertz CT molecular complexity index is 789. The highest BCUT2D eigenvalue weighted by Crippen LogP contribution is 2.29. The molecule has 7 nitrogen and oxygen atoms in total. The highest BCUT2D eigenvalue weighted by atomic mass is 35.5. The maximum atomic E-state index is 12.4. The minimum Gasteiger partial charge on any atom is -0.495 e. The van der Waals surface area contributed by atoms with E-state index < -0.39 is 5.92 Å². The lowest BCUT2D eigenvalue weighted by atomic mass is 10.1. The number of aryl methyl sites for hydroxylation is 1. The second-order valence-corrected chi connectivity index (χ2v) is 5.95. The van der Waals surface area contributed by atoms with E-state index in [9.17, 15) is 9.59 Å². The summed E-state index contributed by atoms with van der Waals surface area (Å²) >= 11 is 6.04. The Morgan fingerprint density at radius 2 is 2.25 bits per heavy atom. The molecule has 2 aromatic rings. The van der Waals surface area contributed by atoms with Crippen molar-refractivity contribution in [3.05, 3.63) is 35.0 Å². The molecule has 0 aliphatic carbocycles. The lowest BCUT2D eigenvalue weighted by Crippen LogP contribution is -2.28. The molecular weight excluding hydrogens is 334 g/mol. The summed E-state index contributed by atoms with van der Waals surface area (Å²) in [5.41, 5.74) is 0.550. The zero-order valence-corrected chi connectivity index (χ0v) is 14.0. The van der Waals surface area contributed by atoms with E-state index in [2.05, 4.69) is 10.5 Å². The van der Waals surface area contributed by atoms with Gasteiger partial charge in [0.05, 0.1) is 18.1 Å². The van der Waals surface area contributed by atoms with Gasteiger partial charge in [0.15, 0.2) is 5.82 Å². The number of carbonyl (C=O) groups excluding carboxylic acids is 2. The number of anilines is 2. The number of benzene rings is 1. The maximum Gasteiger partial charge on any atom is 0.229 e. The second-order valence-electron chi connectivity index (χ2n) is 5.54. The first-order valence-corrected chi connectivity index (χ1v) is 7.74. The molecule has 2 amide bonds. The van der Waals surface area contributed by atoms with Crippen molar-refractivity contribution < 1.29 is 18.8 Å². The molecule has 24 heavy (non-hydrogen) atoms. The Hall–Kier alpha value is -2.54. The average molecular weight is 350 g/mol. The van der Waals surface area contributed by atoms with Crippen LogP contribution in [0.3, 0.4) is 0 Å². The van der Waals surface area contributed by atoms with Crippen LogP contribution < -0.4 is 15.0 Å². The van der Waals surface area contributed by atoms with Crippen molar-refractivity contribution in [1.82, 2.24) is 5.16 Å². The van der Waals surface area contributed by atoms with E-state index in [1.807, 2.05) is 0 Å². The quantitative estimate of drug-likeness (QED) is 0.917. The fourth-order valence-corrected chi connectivity index (χ4v) is 2.83.